The number of ether oxygens (including phenoxy) is 1. The van der Waals surface area contributed by atoms with Crippen LogP contribution >= 0.6 is 0 Å². The number of hydrogen-bond donors (Lipinski definition) is 0. The maximum Gasteiger partial charge on any atom is 0.272 e. The number of nitrogens with zero attached hydrogens (tertiary/aromatic N) is 3. The number of piperidine rings is 1. The fourth-order valence-corrected chi connectivity index (χ4v) is 3.19. The van der Waals surface area contributed by atoms with Gasteiger partial charge in [0.25, 0.3) is 5.91 Å². The average Bonchev–Trinajstić information content (AvgIpc) is 2.66. The van der Waals surface area contributed by atoms with Crippen LogP contribution in [-0.4, -0.2) is 66.0 Å². The van der Waals surface area contributed by atoms with Gasteiger partial charge in [0.2, 0.25) is 5.91 Å². The van der Waals surface area contributed by atoms with E-state index < -0.39 is 0 Å². The van der Waals surface area contributed by atoms with Crippen molar-refractivity contribution in [1.29, 1.82) is 0 Å². The highest BCUT2D eigenvalue weighted by Gasteiger charge is 2.36. The first-order chi connectivity index (χ1) is 10.6. The maximum absolute atomic E-state index is 12.7. The number of pyridine rings is 1. The molecule has 0 aliphatic carbocycles. The molecule has 2 atom stereocenters. The van der Waals surface area contributed by atoms with Gasteiger partial charge in [0.15, 0.2) is 0 Å². The summed E-state index contributed by atoms with van der Waals surface area (Å²) in [5, 5.41) is 0. The van der Waals surface area contributed by atoms with Gasteiger partial charge in [-0.3, -0.25) is 14.6 Å². The largest absolute Gasteiger partial charge is 0.368 e. The summed E-state index contributed by atoms with van der Waals surface area (Å²) in [5.74, 6) is 0.140. The summed E-state index contributed by atoms with van der Waals surface area (Å²) in [6, 6.07) is 3.73. The number of fused-ring (bicyclic) bond motifs is 1. The summed E-state index contributed by atoms with van der Waals surface area (Å²) in [6.45, 7) is 3.93. The average molecular weight is 303 g/mol. The summed E-state index contributed by atoms with van der Waals surface area (Å²) in [7, 11) is 1.79. The topological polar surface area (TPSA) is 62.7 Å². The van der Waals surface area contributed by atoms with Gasteiger partial charge in [0, 0.05) is 38.8 Å². The van der Waals surface area contributed by atoms with Gasteiger partial charge in [-0.1, -0.05) is 6.07 Å². The lowest BCUT2D eigenvalue weighted by atomic mass is 9.94. The quantitative estimate of drug-likeness (QED) is 0.766. The molecule has 22 heavy (non-hydrogen) atoms. The summed E-state index contributed by atoms with van der Waals surface area (Å²) in [5.41, 5.74) is 1.40. The van der Waals surface area contributed by atoms with Gasteiger partial charge in [-0.15, -0.1) is 0 Å². The number of likely N-dealkylation sites (N-methyl/N-ethyl adjacent to an activating group) is 1. The molecule has 3 rings (SSSR count). The molecule has 2 saturated heterocycles. The Kier molecular flexibility index (Phi) is 4.11. The second-order valence-electron chi connectivity index (χ2n) is 6.09. The van der Waals surface area contributed by atoms with Crippen LogP contribution in [0, 0.1) is 12.8 Å². The molecule has 0 aromatic carbocycles. The molecule has 2 aliphatic rings. The van der Waals surface area contributed by atoms with Crippen molar-refractivity contribution in [2.75, 3.05) is 33.3 Å². The van der Waals surface area contributed by atoms with Crippen LogP contribution in [0.15, 0.2) is 18.3 Å². The Labute approximate surface area is 130 Å². The van der Waals surface area contributed by atoms with Gasteiger partial charge in [0.05, 0.1) is 6.10 Å². The van der Waals surface area contributed by atoms with E-state index in [1.54, 1.807) is 18.1 Å². The highest BCUT2D eigenvalue weighted by Crippen LogP contribution is 2.25. The van der Waals surface area contributed by atoms with Crippen LogP contribution in [0.4, 0.5) is 0 Å². The first-order valence-corrected chi connectivity index (χ1v) is 7.62. The normalized spacial score (nSPS) is 25.6. The SMILES string of the molecule is Cc1cccnc1C(=O)N1CC[C@@H]2OCC(=O)N(C)C[C@H]2C1. The van der Waals surface area contributed by atoms with Crippen LogP contribution in [0.1, 0.15) is 22.5 Å². The van der Waals surface area contributed by atoms with Gasteiger partial charge in [-0.25, -0.2) is 0 Å². The monoisotopic (exact) mass is 303 g/mol. The molecular weight excluding hydrogens is 282 g/mol. The van der Waals surface area contributed by atoms with E-state index in [0.717, 1.165) is 12.0 Å². The Bertz CT molecular complexity index is 590. The molecule has 0 N–H and O–H groups in total. The standard InChI is InChI=1S/C16H21N3O3/c1-11-4-3-6-17-15(11)16(21)19-7-5-13-12(9-19)8-18(2)14(20)10-22-13/h3-4,6,12-13H,5,7-10H2,1-2H3/t12-,13-/m0/s1. The Morgan fingerprint density at radius 2 is 2.23 bits per heavy atom. The zero-order valence-corrected chi connectivity index (χ0v) is 13.0. The lowest BCUT2D eigenvalue weighted by Gasteiger charge is -2.37. The van der Waals surface area contributed by atoms with Crippen LogP contribution < -0.4 is 0 Å². The minimum atomic E-state index is -0.0326. The van der Waals surface area contributed by atoms with E-state index in [-0.39, 0.29) is 30.4 Å². The fourth-order valence-electron chi connectivity index (χ4n) is 3.19. The second kappa shape index (κ2) is 6.04. The molecule has 2 amide bonds. The summed E-state index contributed by atoms with van der Waals surface area (Å²) < 4.78 is 5.70. The second-order valence-corrected chi connectivity index (χ2v) is 6.09. The summed E-state index contributed by atoms with van der Waals surface area (Å²) >= 11 is 0. The highest BCUT2D eigenvalue weighted by molar-refractivity contribution is 5.93. The molecule has 1 aromatic heterocycles. The highest BCUT2D eigenvalue weighted by atomic mass is 16.5. The minimum Gasteiger partial charge on any atom is -0.368 e. The molecule has 0 saturated carbocycles. The number of amides is 2. The number of likely N-dealkylation sites (tertiary alicyclic amines) is 1. The lowest BCUT2D eigenvalue weighted by molar-refractivity contribution is -0.133. The zero-order valence-electron chi connectivity index (χ0n) is 13.0. The Balaban J connectivity index is 1.74. The number of aromatic nitrogens is 1. The first kappa shape index (κ1) is 15.0. The maximum atomic E-state index is 12.7. The molecule has 3 heterocycles. The molecule has 118 valence electrons. The predicted molar refractivity (Wildman–Crippen MR) is 80.4 cm³/mol. The van der Waals surface area contributed by atoms with Crippen molar-refractivity contribution < 1.29 is 14.3 Å². The number of carbonyl (C=O) groups is 2. The van der Waals surface area contributed by atoms with Crippen molar-refractivity contribution >= 4 is 11.8 Å². The number of aryl methyl sites for hydroxylation is 1. The van der Waals surface area contributed by atoms with Crippen LogP contribution in [0.25, 0.3) is 0 Å². The van der Waals surface area contributed by atoms with E-state index >= 15 is 0 Å². The van der Waals surface area contributed by atoms with Crippen LogP contribution in [0.3, 0.4) is 0 Å². The molecule has 0 spiro atoms. The molecule has 6 nitrogen and oxygen atoms in total. The van der Waals surface area contributed by atoms with E-state index in [2.05, 4.69) is 4.98 Å². The minimum absolute atomic E-state index is 0.00727. The van der Waals surface area contributed by atoms with Crippen LogP contribution in [0.5, 0.6) is 0 Å². The van der Waals surface area contributed by atoms with Gasteiger partial charge in [-0.05, 0) is 25.0 Å². The van der Waals surface area contributed by atoms with E-state index in [9.17, 15) is 9.59 Å². The van der Waals surface area contributed by atoms with Crippen LogP contribution in [-0.2, 0) is 9.53 Å². The third-order valence-corrected chi connectivity index (χ3v) is 4.52. The van der Waals surface area contributed by atoms with E-state index in [1.807, 2.05) is 24.0 Å². The van der Waals surface area contributed by atoms with Gasteiger partial charge < -0.3 is 14.5 Å². The Morgan fingerprint density at radius 1 is 1.41 bits per heavy atom. The zero-order chi connectivity index (χ0) is 15.7. The first-order valence-electron chi connectivity index (χ1n) is 7.62. The van der Waals surface area contributed by atoms with Crippen molar-refractivity contribution in [3.05, 3.63) is 29.6 Å². The summed E-state index contributed by atoms with van der Waals surface area (Å²) in [4.78, 5) is 32.2. The summed E-state index contributed by atoms with van der Waals surface area (Å²) in [6.07, 6.45) is 2.47. The smallest absolute Gasteiger partial charge is 0.272 e. The van der Waals surface area contributed by atoms with Gasteiger partial charge in [0.1, 0.15) is 12.3 Å². The van der Waals surface area contributed by atoms with Crippen molar-refractivity contribution in [2.24, 2.45) is 5.92 Å². The lowest BCUT2D eigenvalue weighted by Crippen LogP contribution is -2.49. The van der Waals surface area contributed by atoms with Gasteiger partial charge >= 0.3 is 0 Å². The molecule has 6 heteroatoms. The van der Waals surface area contributed by atoms with Crippen molar-refractivity contribution in [3.8, 4) is 0 Å². The number of hydrogen-bond acceptors (Lipinski definition) is 4. The van der Waals surface area contributed by atoms with Crippen molar-refractivity contribution in [1.82, 2.24) is 14.8 Å². The predicted octanol–water partition coefficient (Wildman–Crippen LogP) is 0.709. The molecule has 2 fully saturated rings. The fraction of sp³-hybridized carbons (Fsp3) is 0.562. The third-order valence-electron chi connectivity index (χ3n) is 4.52. The molecular formula is C16H21N3O3. The van der Waals surface area contributed by atoms with Crippen LogP contribution in [0.2, 0.25) is 0 Å². The molecule has 2 aliphatic heterocycles. The Hall–Kier alpha value is -1.95. The van der Waals surface area contributed by atoms with Crippen molar-refractivity contribution in [3.63, 3.8) is 0 Å². The molecule has 0 radical (unpaired) electrons. The molecule has 1 aromatic rings. The third kappa shape index (κ3) is 2.83. The molecule has 0 bridgehead atoms. The number of carbonyl (C=O) groups excluding carboxylic acids is 2. The molecule has 0 unspecified atom stereocenters. The Morgan fingerprint density at radius 3 is 3.00 bits per heavy atom. The van der Waals surface area contributed by atoms with Gasteiger partial charge in [-0.2, -0.15) is 0 Å². The van der Waals surface area contributed by atoms with E-state index in [4.69, 9.17) is 4.74 Å². The van der Waals surface area contributed by atoms with Crippen molar-refractivity contribution in [2.45, 2.75) is 19.4 Å². The number of rotatable bonds is 1. The van der Waals surface area contributed by atoms with E-state index in [1.165, 1.54) is 0 Å². The van der Waals surface area contributed by atoms with E-state index in [0.29, 0.717) is 25.3 Å².